The second-order valence-corrected chi connectivity index (χ2v) is 4.51. The van der Waals surface area contributed by atoms with Crippen LogP contribution in [0.5, 0.6) is 0 Å². The molecule has 0 aliphatic carbocycles. The van der Waals surface area contributed by atoms with Crippen molar-refractivity contribution >= 4 is 5.91 Å². The normalized spacial score (nSPS) is 24.1. The number of nitrogens with zero attached hydrogens (tertiary/aromatic N) is 2. The highest BCUT2D eigenvalue weighted by Crippen LogP contribution is 2.15. The van der Waals surface area contributed by atoms with E-state index in [4.69, 9.17) is 5.73 Å². The smallest absolute Gasteiger partial charge is 0.239 e. The van der Waals surface area contributed by atoms with E-state index in [0.29, 0.717) is 12.5 Å². The first-order chi connectivity index (χ1) is 7.06. The minimum atomic E-state index is -0.332. The second kappa shape index (κ2) is 5.47. The molecular formula is C11H23N3O. The molecule has 0 aromatic rings. The van der Waals surface area contributed by atoms with Gasteiger partial charge in [-0.05, 0) is 32.9 Å². The zero-order chi connectivity index (χ0) is 11.4. The fraction of sp³-hybridized carbons (Fsp3) is 0.909. The first-order valence-corrected chi connectivity index (χ1v) is 5.77. The van der Waals surface area contributed by atoms with Gasteiger partial charge in [-0.1, -0.05) is 6.92 Å². The molecule has 1 rings (SSSR count). The number of hydrogen-bond acceptors (Lipinski definition) is 3. The average Bonchev–Trinajstić information content (AvgIpc) is 2.62. The molecule has 1 amide bonds. The summed E-state index contributed by atoms with van der Waals surface area (Å²) in [6, 6.07) is 0.185. The zero-order valence-corrected chi connectivity index (χ0v) is 10.1. The number of carbonyl (C=O) groups is 1. The monoisotopic (exact) mass is 213 g/mol. The summed E-state index contributed by atoms with van der Waals surface area (Å²) in [6.07, 6.45) is 3.14. The molecule has 0 saturated carbocycles. The summed E-state index contributed by atoms with van der Waals surface area (Å²) in [5, 5.41) is 0. The molecule has 4 heteroatoms. The predicted molar refractivity (Wildman–Crippen MR) is 61.6 cm³/mol. The molecular weight excluding hydrogens is 190 g/mol. The molecule has 1 aliphatic heterocycles. The van der Waals surface area contributed by atoms with Gasteiger partial charge < -0.3 is 15.5 Å². The first kappa shape index (κ1) is 12.5. The maximum Gasteiger partial charge on any atom is 0.239 e. The van der Waals surface area contributed by atoms with Crippen LogP contribution >= 0.6 is 0 Å². The first-order valence-electron chi connectivity index (χ1n) is 5.77. The molecule has 2 atom stereocenters. The van der Waals surface area contributed by atoms with Gasteiger partial charge in [0.05, 0.1) is 6.04 Å². The van der Waals surface area contributed by atoms with E-state index >= 15 is 0 Å². The maximum absolute atomic E-state index is 11.8. The molecule has 1 saturated heterocycles. The molecule has 88 valence electrons. The van der Waals surface area contributed by atoms with Crippen LogP contribution in [-0.4, -0.2) is 55.0 Å². The van der Waals surface area contributed by atoms with Gasteiger partial charge in [0.1, 0.15) is 0 Å². The lowest BCUT2D eigenvalue weighted by Gasteiger charge is -2.27. The Hall–Kier alpha value is -0.610. The molecule has 0 aromatic carbocycles. The second-order valence-electron chi connectivity index (χ2n) is 4.51. The molecule has 4 nitrogen and oxygen atoms in total. The van der Waals surface area contributed by atoms with Crippen LogP contribution in [-0.2, 0) is 4.79 Å². The van der Waals surface area contributed by atoms with Gasteiger partial charge in [0.25, 0.3) is 0 Å². The van der Waals surface area contributed by atoms with E-state index in [1.54, 1.807) is 4.90 Å². The lowest BCUT2D eigenvalue weighted by molar-refractivity contribution is -0.131. The standard InChI is InChI=1S/C11H23N3O/c1-4-10(12)11(15)14(3)8-9-6-5-7-13(9)2/h9-10H,4-8,12H2,1-3H3/t9?,10-/m1/s1. The van der Waals surface area contributed by atoms with Gasteiger partial charge in [-0.15, -0.1) is 0 Å². The molecule has 1 heterocycles. The largest absolute Gasteiger partial charge is 0.343 e. The van der Waals surface area contributed by atoms with Gasteiger partial charge >= 0.3 is 0 Å². The molecule has 0 aromatic heterocycles. The van der Waals surface area contributed by atoms with Crippen LogP contribution in [0.15, 0.2) is 0 Å². The van der Waals surface area contributed by atoms with Crippen LogP contribution in [0.3, 0.4) is 0 Å². The molecule has 0 radical (unpaired) electrons. The number of amides is 1. The highest BCUT2D eigenvalue weighted by molar-refractivity contribution is 5.81. The minimum Gasteiger partial charge on any atom is -0.343 e. The molecule has 2 N–H and O–H groups in total. The van der Waals surface area contributed by atoms with Gasteiger partial charge in [0, 0.05) is 19.6 Å². The van der Waals surface area contributed by atoms with Crippen molar-refractivity contribution < 1.29 is 4.79 Å². The van der Waals surface area contributed by atoms with Gasteiger partial charge in [0.2, 0.25) is 5.91 Å². The van der Waals surface area contributed by atoms with Crippen LogP contribution in [0.4, 0.5) is 0 Å². The summed E-state index contributed by atoms with van der Waals surface area (Å²) in [7, 11) is 3.97. The van der Waals surface area contributed by atoms with Crippen molar-refractivity contribution in [2.45, 2.75) is 38.3 Å². The Bertz CT molecular complexity index is 220. The number of carbonyl (C=O) groups excluding carboxylic acids is 1. The summed E-state index contributed by atoms with van der Waals surface area (Å²) in [5.41, 5.74) is 5.72. The summed E-state index contributed by atoms with van der Waals surface area (Å²) < 4.78 is 0. The van der Waals surface area contributed by atoms with Crippen molar-refractivity contribution in [3.05, 3.63) is 0 Å². The van der Waals surface area contributed by atoms with Crippen molar-refractivity contribution in [3.8, 4) is 0 Å². The molecule has 15 heavy (non-hydrogen) atoms. The lowest BCUT2D eigenvalue weighted by atomic mass is 10.1. The van der Waals surface area contributed by atoms with Gasteiger partial charge in [-0.3, -0.25) is 4.79 Å². The van der Waals surface area contributed by atoms with Crippen LogP contribution in [0, 0.1) is 0 Å². The Morgan fingerprint density at radius 2 is 2.33 bits per heavy atom. The van der Waals surface area contributed by atoms with Crippen molar-refractivity contribution in [1.82, 2.24) is 9.80 Å². The summed E-state index contributed by atoms with van der Waals surface area (Å²) >= 11 is 0. The van der Waals surface area contributed by atoms with Gasteiger partial charge in [0.15, 0.2) is 0 Å². The molecule has 0 spiro atoms. The van der Waals surface area contributed by atoms with Crippen molar-refractivity contribution in [2.75, 3.05) is 27.2 Å². The van der Waals surface area contributed by atoms with E-state index < -0.39 is 0 Å². The third-order valence-corrected chi connectivity index (χ3v) is 3.29. The number of rotatable bonds is 4. The quantitative estimate of drug-likeness (QED) is 0.729. The Morgan fingerprint density at radius 3 is 2.80 bits per heavy atom. The number of likely N-dealkylation sites (N-methyl/N-ethyl adjacent to an activating group) is 2. The summed E-state index contributed by atoms with van der Waals surface area (Å²) in [4.78, 5) is 15.8. The Morgan fingerprint density at radius 1 is 1.67 bits per heavy atom. The summed E-state index contributed by atoms with van der Waals surface area (Å²) in [5.74, 6) is 0.0674. The average molecular weight is 213 g/mol. The van der Waals surface area contributed by atoms with Crippen molar-refractivity contribution in [1.29, 1.82) is 0 Å². The summed E-state index contributed by atoms with van der Waals surface area (Å²) in [6.45, 7) is 3.90. The maximum atomic E-state index is 11.8. The topological polar surface area (TPSA) is 49.6 Å². The van der Waals surface area contributed by atoms with Crippen LogP contribution in [0.25, 0.3) is 0 Å². The molecule has 0 bridgehead atoms. The van der Waals surface area contributed by atoms with Gasteiger partial charge in [-0.25, -0.2) is 0 Å². The fourth-order valence-corrected chi connectivity index (χ4v) is 2.07. The fourth-order valence-electron chi connectivity index (χ4n) is 2.07. The van der Waals surface area contributed by atoms with Crippen molar-refractivity contribution in [2.24, 2.45) is 5.73 Å². The highest BCUT2D eigenvalue weighted by atomic mass is 16.2. The third-order valence-electron chi connectivity index (χ3n) is 3.29. The van der Waals surface area contributed by atoms with Gasteiger partial charge in [-0.2, -0.15) is 0 Å². The molecule has 1 aliphatic rings. The third kappa shape index (κ3) is 3.18. The number of nitrogens with two attached hydrogens (primary N) is 1. The van der Waals surface area contributed by atoms with Crippen LogP contribution < -0.4 is 5.73 Å². The molecule has 1 fully saturated rings. The highest BCUT2D eigenvalue weighted by Gasteiger charge is 2.25. The zero-order valence-electron chi connectivity index (χ0n) is 10.1. The van der Waals surface area contributed by atoms with Crippen LogP contribution in [0.2, 0.25) is 0 Å². The predicted octanol–water partition coefficient (Wildman–Crippen LogP) is 0.276. The SMILES string of the molecule is CC[C@@H](N)C(=O)N(C)CC1CCCN1C. The van der Waals surface area contributed by atoms with E-state index in [-0.39, 0.29) is 11.9 Å². The van der Waals surface area contributed by atoms with Crippen LogP contribution in [0.1, 0.15) is 26.2 Å². The van der Waals surface area contributed by atoms with E-state index in [1.165, 1.54) is 12.8 Å². The van der Waals surface area contributed by atoms with E-state index in [0.717, 1.165) is 13.1 Å². The van der Waals surface area contributed by atoms with E-state index in [9.17, 15) is 4.79 Å². The Labute approximate surface area is 92.4 Å². The van der Waals surface area contributed by atoms with Crippen molar-refractivity contribution in [3.63, 3.8) is 0 Å². The number of likely N-dealkylation sites (tertiary alicyclic amines) is 1. The Kier molecular flexibility index (Phi) is 4.54. The minimum absolute atomic E-state index is 0.0674. The van der Waals surface area contributed by atoms with E-state index in [2.05, 4.69) is 11.9 Å². The molecule has 1 unspecified atom stereocenters. The Balaban J connectivity index is 2.40. The number of hydrogen-bond donors (Lipinski definition) is 1. The lowest BCUT2D eigenvalue weighted by Crippen LogP contribution is -2.46. The van der Waals surface area contributed by atoms with E-state index in [1.807, 2.05) is 14.0 Å².